The second-order valence-corrected chi connectivity index (χ2v) is 6.48. The van der Waals surface area contributed by atoms with Gasteiger partial charge < -0.3 is 10.6 Å². The first-order chi connectivity index (χ1) is 9.67. The summed E-state index contributed by atoms with van der Waals surface area (Å²) >= 11 is 0. The quantitative estimate of drug-likeness (QED) is 0.825. The van der Waals surface area contributed by atoms with Crippen LogP contribution >= 0.6 is 0 Å². The molecule has 1 heterocycles. The van der Waals surface area contributed by atoms with Gasteiger partial charge in [0.25, 0.3) is 0 Å². The summed E-state index contributed by atoms with van der Waals surface area (Å²) in [6.07, 6.45) is 6.15. The smallest absolute Gasteiger partial charge is 0.0170 e. The van der Waals surface area contributed by atoms with E-state index in [2.05, 4.69) is 49.1 Å². The van der Waals surface area contributed by atoms with E-state index in [9.17, 15) is 0 Å². The molecule has 1 aromatic carbocycles. The number of likely N-dealkylation sites (tertiary alicyclic amines) is 1. The van der Waals surface area contributed by atoms with Crippen LogP contribution in [0, 0.1) is 5.41 Å². The van der Waals surface area contributed by atoms with Gasteiger partial charge in [-0.25, -0.2) is 0 Å². The van der Waals surface area contributed by atoms with E-state index in [1.165, 1.54) is 37.9 Å². The molecule has 2 heteroatoms. The molecule has 1 saturated heterocycles. The second kappa shape index (κ2) is 7.24. The van der Waals surface area contributed by atoms with E-state index in [1.54, 1.807) is 0 Å². The molecule has 0 aliphatic carbocycles. The lowest BCUT2D eigenvalue weighted by Crippen LogP contribution is -2.37. The van der Waals surface area contributed by atoms with E-state index in [4.69, 9.17) is 5.73 Å². The van der Waals surface area contributed by atoms with Crippen molar-refractivity contribution in [3.8, 4) is 0 Å². The van der Waals surface area contributed by atoms with Gasteiger partial charge in [0, 0.05) is 19.1 Å². The Morgan fingerprint density at radius 1 is 1.20 bits per heavy atom. The molecule has 0 bridgehead atoms. The van der Waals surface area contributed by atoms with Crippen molar-refractivity contribution in [2.24, 2.45) is 11.1 Å². The maximum atomic E-state index is 6.33. The van der Waals surface area contributed by atoms with Crippen molar-refractivity contribution in [1.29, 1.82) is 0 Å². The summed E-state index contributed by atoms with van der Waals surface area (Å²) in [6.45, 7) is 8.22. The molecule has 2 nitrogen and oxygen atoms in total. The number of nitrogens with two attached hydrogens (primary N) is 1. The third-order valence-corrected chi connectivity index (χ3v) is 5.16. The first-order valence-corrected chi connectivity index (χ1v) is 8.19. The summed E-state index contributed by atoms with van der Waals surface area (Å²) in [6, 6.07) is 11.0. The Morgan fingerprint density at radius 2 is 1.90 bits per heavy atom. The van der Waals surface area contributed by atoms with E-state index in [1.807, 2.05) is 0 Å². The number of hydrogen-bond acceptors (Lipinski definition) is 2. The fourth-order valence-corrected chi connectivity index (χ4v) is 3.43. The van der Waals surface area contributed by atoms with E-state index in [0.717, 1.165) is 19.4 Å². The van der Waals surface area contributed by atoms with E-state index >= 15 is 0 Å². The molecule has 0 aromatic heterocycles. The van der Waals surface area contributed by atoms with Crippen molar-refractivity contribution in [3.05, 3.63) is 35.9 Å². The van der Waals surface area contributed by atoms with Gasteiger partial charge in [-0.1, -0.05) is 44.2 Å². The van der Waals surface area contributed by atoms with Crippen LogP contribution in [0.15, 0.2) is 30.3 Å². The van der Waals surface area contributed by atoms with Crippen LogP contribution in [-0.4, -0.2) is 30.6 Å². The maximum absolute atomic E-state index is 6.33. The molecular weight excluding hydrogens is 244 g/mol. The van der Waals surface area contributed by atoms with Crippen LogP contribution in [0.25, 0.3) is 0 Å². The fourth-order valence-electron chi connectivity index (χ4n) is 3.43. The Bertz CT molecular complexity index is 384. The van der Waals surface area contributed by atoms with Gasteiger partial charge in [0.1, 0.15) is 0 Å². The zero-order valence-electron chi connectivity index (χ0n) is 13.1. The summed E-state index contributed by atoms with van der Waals surface area (Å²) in [5.74, 6) is 0. The van der Waals surface area contributed by atoms with Crippen LogP contribution in [0.1, 0.15) is 45.1 Å². The van der Waals surface area contributed by atoms with Crippen molar-refractivity contribution in [2.75, 3.05) is 19.6 Å². The first kappa shape index (κ1) is 15.5. The molecule has 1 atom stereocenters. The van der Waals surface area contributed by atoms with Gasteiger partial charge in [-0.2, -0.15) is 0 Å². The molecule has 1 aromatic rings. The van der Waals surface area contributed by atoms with Crippen LogP contribution < -0.4 is 5.73 Å². The average molecular weight is 274 g/mol. The Morgan fingerprint density at radius 3 is 2.50 bits per heavy atom. The summed E-state index contributed by atoms with van der Waals surface area (Å²) in [4.78, 5) is 2.59. The highest BCUT2D eigenvalue weighted by Crippen LogP contribution is 2.36. The van der Waals surface area contributed by atoms with E-state index < -0.39 is 0 Å². The van der Waals surface area contributed by atoms with Gasteiger partial charge in [0.2, 0.25) is 0 Å². The molecule has 2 N–H and O–H groups in total. The van der Waals surface area contributed by atoms with Crippen molar-refractivity contribution in [3.63, 3.8) is 0 Å². The van der Waals surface area contributed by atoms with Crippen molar-refractivity contribution in [1.82, 2.24) is 4.90 Å². The number of rotatable bonds is 7. The first-order valence-electron chi connectivity index (χ1n) is 8.19. The second-order valence-electron chi connectivity index (χ2n) is 6.48. The van der Waals surface area contributed by atoms with Gasteiger partial charge >= 0.3 is 0 Å². The maximum Gasteiger partial charge on any atom is 0.0170 e. The van der Waals surface area contributed by atoms with Crippen LogP contribution in [-0.2, 0) is 6.42 Å². The minimum absolute atomic E-state index is 0.305. The van der Waals surface area contributed by atoms with Gasteiger partial charge in [0.05, 0.1) is 0 Å². The van der Waals surface area contributed by atoms with Gasteiger partial charge in [-0.3, -0.25) is 0 Å². The highest BCUT2D eigenvalue weighted by molar-refractivity contribution is 5.14. The largest absolute Gasteiger partial charge is 0.327 e. The molecule has 1 aliphatic rings. The fraction of sp³-hybridized carbons (Fsp3) is 0.667. The Labute approximate surface area is 124 Å². The van der Waals surface area contributed by atoms with Crippen LogP contribution in [0.2, 0.25) is 0 Å². The zero-order chi connectivity index (χ0) is 14.4. The lowest BCUT2D eigenvalue weighted by molar-refractivity contribution is 0.231. The SMILES string of the molecule is CCC1(CC)CCN(CC(N)CCc2ccccc2)C1. The number of aryl methyl sites for hydroxylation is 1. The minimum atomic E-state index is 0.305. The summed E-state index contributed by atoms with van der Waals surface area (Å²) in [7, 11) is 0. The lowest BCUT2D eigenvalue weighted by atomic mass is 9.82. The molecule has 1 unspecified atom stereocenters. The Hall–Kier alpha value is -0.860. The molecule has 1 aliphatic heterocycles. The molecular formula is C18H30N2. The minimum Gasteiger partial charge on any atom is -0.327 e. The van der Waals surface area contributed by atoms with E-state index in [-0.39, 0.29) is 0 Å². The Kier molecular flexibility index (Phi) is 5.62. The van der Waals surface area contributed by atoms with Crippen LogP contribution in [0.3, 0.4) is 0 Å². The molecule has 112 valence electrons. The summed E-state index contributed by atoms with van der Waals surface area (Å²) in [5.41, 5.74) is 8.30. The molecule has 1 fully saturated rings. The van der Waals surface area contributed by atoms with Crippen molar-refractivity contribution < 1.29 is 0 Å². The third kappa shape index (κ3) is 4.07. The van der Waals surface area contributed by atoms with Crippen molar-refractivity contribution >= 4 is 0 Å². The third-order valence-electron chi connectivity index (χ3n) is 5.16. The molecule has 0 spiro atoms. The van der Waals surface area contributed by atoms with Gasteiger partial charge in [-0.15, -0.1) is 0 Å². The summed E-state index contributed by atoms with van der Waals surface area (Å²) < 4.78 is 0. The standard InChI is InChI=1S/C18H30N2/c1-3-18(4-2)12-13-20(15-18)14-17(19)11-10-16-8-6-5-7-9-16/h5-9,17H,3-4,10-15,19H2,1-2H3. The average Bonchev–Trinajstić information content (AvgIpc) is 2.90. The summed E-state index contributed by atoms with van der Waals surface area (Å²) in [5, 5.41) is 0. The predicted molar refractivity (Wildman–Crippen MR) is 86.8 cm³/mol. The highest BCUT2D eigenvalue weighted by atomic mass is 15.2. The number of nitrogens with zero attached hydrogens (tertiary/aromatic N) is 1. The number of hydrogen-bond donors (Lipinski definition) is 1. The molecule has 2 rings (SSSR count). The zero-order valence-corrected chi connectivity index (χ0v) is 13.1. The lowest BCUT2D eigenvalue weighted by Gasteiger charge is -2.27. The van der Waals surface area contributed by atoms with Crippen LogP contribution in [0.5, 0.6) is 0 Å². The van der Waals surface area contributed by atoms with Gasteiger partial charge in [-0.05, 0) is 49.6 Å². The molecule has 0 radical (unpaired) electrons. The van der Waals surface area contributed by atoms with Gasteiger partial charge in [0.15, 0.2) is 0 Å². The monoisotopic (exact) mass is 274 g/mol. The highest BCUT2D eigenvalue weighted by Gasteiger charge is 2.34. The normalized spacial score (nSPS) is 20.1. The Balaban J connectivity index is 1.74. The molecule has 20 heavy (non-hydrogen) atoms. The van der Waals surface area contributed by atoms with Crippen LogP contribution in [0.4, 0.5) is 0 Å². The van der Waals surface area contributed by atoms with E-state index in [0.29, 0.717) is 11.5 Å². The topological polar surface area (TPSA) is 29.3 Å². The molecule has 0 saturated carbocycles. The predicted octanol–water partition coefficient (Wildman–Crippen LogP) is 3.46. The van der Waals surface area contributed by atoms with Crippen molar-refractivity contribution in [2.45, 2.75) is 52.0 Å². The number of benzene rings is 1. The molecule has 0 amide bonds.